The van der Waals surface area contributed by atoms with Crippen LogP contribution >= 0.6 is 0 Å². The maximum absolute atomic E-state index is 14.4. The number of nitrogens with zero attached hydrogens (tertiary/aromatic N) is 2. The first-order chi connectivity index (χ1) is 12.9. The van der Waals surface area contributed by atoms with Crippen LogP contribution in [0.4, 0.5) is 21.7 Å². The number of amides is 1. The topological polar surface area (TPSA) is 119 Å². The van der Waals surface area contributed by atoms with Gasteiger partial charge in [-0.3, -0.25) is 9.78 Å². The number of fused-ring (bicyclic) bond motifs is 1. The van der Waals surface area contributed by atoms with Crippen molar-refractivity contribution < 1.29 is 9.18 Å². The van der Waals surface area contributed by atoms with Crippen molar-refractivity contribution in [2.24, 2.45) is 11.5 Å². The molecule has 0 unspecified atom stereocenters. The summed E-state index contributed by atoms with van der Waals surface area (Å²) in [7, 11) is 0. The van der Waals surface area contributed by atoms with Crippen molar-refractivity contribution in [3.8, 4) is 0 Å². The number of hydrogen-bond donors (Lipinski definition) is 4. The van der Waals surface area contributed by atoms with Gasteiger partial charge >= 0.3 is 0 Å². The first kappa shape index (κ1) is 18.5. The van der Waals surface area contributed by atoms with Crippen molar-refractivity contribution in [1.82, 2.24) is 9.97 Å². The number of nitrogens with two attached hydrogens (primary N) is 2. The lowest BCUT2D eigenvalue weighted by atomic mass is 10.1. The van der Waals surface area contributed by atoms with Crippen LogP contribution in [0, 0.1) is 5.82 Å². The summed E-state index contributed by atoms with van der Waals surface area (Å²) in [6.45, 7) is 3.62. The van der Waals surface area contributed by atoms with Crippen molar-refractivity contribution in [2.75, 3.05) is 10.6 Å². The molecule has 6 N–H and O–H groups in total. The van der Waals surface area contributed by atoms with Crippen molar-refractivity contribution in [3.05, 3.63) is 54.0 Å². The third kappa shape index (κ3) is 3.95. The van der Waals surface area contributed by atoms with E-state index in [4.69, 9.17) is 11.5 Å². The molecule has 0 saturated carbocycles. The Balaban J connectivity index is 2.05. The van der Waals surface area contributed by atoms with E-state index in [0.29, 0.717) is 5.69 Å². The van der Waals surface area contributed by atoms with Gasteiger partial charge in [-0.15, -0.1) is 0 Å². The summed E-state index contributed by atoms with van der Waals surface area (Å²) >= 11 is 0. The second kappa shape index (κ2) is 7.55. The summed E-state index contributed by atoms with van der Waals surface area (Å²) in [5.41, 5.74) is 12.6. The zero-order valence-electron chi connectivity index (χ0n) is 15.0. The van der Waals surface area contributed by atoms with Gasteiger partial charge in [0.25, 0.3) is 5.91 Å². The number of aromatic nitrogens is 2. The smallest absolute Gasteiger partial charge is 0.252 e. The van der Waals surface area contributed by atoms with E-state index in [1.807, 2.05) is 31.2 Å². The summed E-state index contributed by atoms with van der Waals surface area (Å²) in [4.78, 5) is 20.3. The molecular weight excluding hydrogens is 347 g/mol. The predicted octanol–water partition coefficient (Wildman–Crippen LogP) is 2.76. The number of anilines is 3. The quantitative estimate of drug-likeness (QED) is 0.531. The first-order valence-corrected chi connectivity index (χ1v) is 8.50. The highest BCUT2D eigenvalue weighted by molar-refractivity contribution is 6.00. The Hall–Kier alpha value is -3.26. The van der Waals surface area contributed by atoms with Gasteiger partial charge in [0, 0.05) is 29.4 Å². The molecule has 0 aliphatic rings. The second-order valence-electron chi connectivity index (χ2n) is 6.37. The summed E-state index contributed by atoms with van der Waals surface area (Å²) in [6.07, 6.45) is 1.69. The lowest BCUT2D eigenvalue weighted by Gasteiger charge is -2.20. The van der Waals surface area contributed by atoms with E-state index in [2.05, 4.69) is 20.6 Å². The molecule has 0 spiro atoms. The fourth-order valence-electron chi connectivity index (χ4n) is 2.56. The summed E-state index contributed by atoms with van der Waals surface area (Å²) in [5, 5.41) is 6.83. The Morgan fingerprint density at radius 3 is 2.67 bits per heavy atom. The molecule has 2 heterocycles. The number of halogens is 1. The SMILES string of the molecule is C[C@H](N)[C@@H](C)Nc1nc(Nc2cccc3ncccc23)c(C(N)=O)cc1F. The van der Waals surface area contributed by atoms with Crippen LogP contribution in [0.5, 0.6) is 0 Å². The highest BCUT2D eigenvalue weighted by Crippen LogP contribution is 2.28. The van der Waals surface area contributed by atoms with Crippen LogP contribution in [-0.2, 0) is 0 Å². The van der Waals surface area contributed by atoms with Crippen LogP contribution in [0.2, 0.25) is 0 Å². The monoisotopic (exact) mass is 368 g/mol. The molecule has 1 amide bonds. The zero-order chi connectivity index (χ0) is 19.6. The molecule has 0 radical (unpaired) electrons. The Morgan fingerprint density at radius 2 is 1.96 bits per heavy atom. The number of benzene rings is 1. The Kier molecular flexibility index (Phi) is 5.18. The third-order valence-corrected chi connectivity index (χ3v) is 4.29. The lowest BCUT2D eigenvalue weighted by molar-refractivity contribution is 0.100. The van der Waals surface area contributed by atoms with Gasteiger partial charge < -0.3 is 22.1 Å². The average molecular weight is 368 g/mol. The van der Waals surface area contributed by atoms with Gasteiger partial charge in [-0.25, -0.2) is 9.37 Å². The van der Waals surface area contributed by atoms with Gasteiger partial charge in [0.15, 0.2) is 11.6 Å². The number of pyridine rings is 2. The molecule has 3 rings (SSSR count). The van der Waals surface area contributed by atoms with Crippen molar-refractivity contribution in [3.63, 3.8) is 0 Å². The van der Waals surface area contributed by atoms with Gasteiger partial charge in [0.2, 0.25) is 0 Å². The zero-order valence-corrected chi connectivity index (χ0v) is 15.0. The Bertz CT molecular complexity index is 986. The molecular formula is C19H21FN6O. The van der Waals surface area contributed by atoms with Crippen molar-refractivity contribution in [1.29, 1.82) is 0 Å². The average Bonchev–Trinajstić information content (AvgIpc) is 2.64. The van der Waals surface area contributed by atoms with Crippen molar-refractivity contribution in [2.45, 2.75) is 25.9 Å². The number of primary amides is 1. The maximum atomic E-state index is 14.4. The Labute approximate surface area is 156 Å². The third-order valence-electron chi connectivity index (χ3n) is 4.29. The molecule has 140 valence electrons. The summed E-state index contributed by atoms with van der Waals surface area (Å²) in [5.74, 6) is -1.32. The van der Waals surface area contributed by atoms with Crippen LogP contribution in [-0.4, -0.2) is 28.0 Å². The fraction of sp³-hybridized carbons (Fsp3) is 0.211. The Morgan fingerprint density at radius 1 is 1.19 bits per heavy atom. The standard InChI is InChI=1S/C19H21FN6O/c1-10(21)11(2)24-19-14(20)9-13(17(22)27)18(26-19)25-16-7-3-6-15-12(16)5-4-8-23-15/h3-11H,21H2,1-2H3,(H2,22,27)(H2,24,25,26)/t10-,11+/m0/s1. The molecule has 0 saturated heterocycles. The van der Waals surface area contributed by atoms with Crippen LogP contribution in [0.3, 0.4) is 0 Å². The minimum Gasteiger partial charge on any atom is -0.365 e. The highest BCUT2D eigenvalue weighted by atomic mass is 19.1. The van der Waals surface area contributed by atoms with E-state index >= 15 is 0 Å². The van der Waals surface area contributed by atoms with E-state index < -0.39 is 11.7 Å². The number of carbonyl (C=O) groups excluding carboxylic acids is 1. The van der Waals surface area contributed by atoms with Gasteiger partial charge in [-0.05, 0) is 44.2 Å². The number of rotatable bonds is 6. The summed E-state index contributed by atoms with van der Waals surface area (Å²) in [6, 6.07) is 9.82. The number of nitrogens with one attached hydrogen (secondary N) is 2. The van der Waals surface area contributed by atoms with E-state index in [0.717, 1.165) is 17.0 Å². The molecule has 2 aromatic heterocycles. The largest absolute Gasteiger partial charge is 0.365 e. The van der Waals surface area contributed by atoms with Crippen LogP contribution < -0.4 is 22.1 Å². The fourth-order valence-corrected chi connectivity index (χ4v) is 2.56. The van der Waals surface area contributed by atoms with E-state index in [1.165, 1.54) is 0 Å². The van der Waals surface area contributed by atoms with E-state index in [1.54, 1.807) is 19.2 Å². The number of hydrogen-bond acceptors (Lipinski definition) is 6. The molecule has 8 heteroatoms. The molecule has 7 nitrogen and oxygen atoms in total. The molecule has 3 aromatic rings. The van der Waals surface area contributed by atoms with Gasteiger partial charge in [0.1, 0.15) is 5.82 Å². The van der Waals surface area contributed by atoms with Crippen molar-refractivity contribution >= 4 is 34.1 Å². The van der Waals surface area contributed by atoms with E-state index in [-0.39, 0.29) is 29.3 Å². The van der Waals surface area contributed by atoms with Crippen LogP contribution in [0.1, 0.15) is 24.2 Å². The molecule has 27 heavy (non-hydrogen) atoms. The normalized spacial score (nSPS) is 13.2. The highest BCUT2D eigenvalue weighted by Gasteiger charge is 2.18. The first-order valence-electron chi connectivity index (χ1n) is 8.50. The minimum absolute atomic E-state index is 0.00865. The predicted molar refractivity (Wildman–Crippen MR) is 104 cm³/mol. The number of carbonyl (C=O) groups is 1. The second-order valence-corrected chi connectivity index (χ2v) is 6.37. The maximum Gasteiger partial charge on any atom is 0.252 e. The summed E-state index contributed by atoms with van der Waals surface area (Å²) < 4.78 is 14.4. The molecule has 1 aromatic carbocycles. The molecule has 0 aliphatic heterocycles. The van der Waals surface area contributed by atoms with Gasteiger partial charge in [0.05, 0.1) is 11.1 Å². The van der Waals surface area contributed by atoms with Crippen LogP contribution in [0.25, 0.3) is 10.9 Å². The minimum atomic E-state index is -0.783. The molecule has 2 atom stereocenters. The van der Waals surface area contributed by atoms with Gasteiger partial charge in [-0.1, -0.05) is 6.07 Å². The molecule has 0 fully saturated rings. The van der Waals surface area contributed by atoms with Gasteiger partial charge in [-0.2, -0.15) is 0 Å². The molecule has 0 aliphatic carbocycles. The van der Waals surface area contributed by atoms with E-state index in [9.17, 15) is 9.18 Å². The van der Waals surface area contributed by atoms with Crippen LogP contribution in [0.15, 0.2) is 42.6 Å². The molecule has 0 bridgehead atoms. The lowest BCUT2D eigenvalue weighted by Crippen LogP contribution is -2.35.